The first-order valence-electron chi connectivity index (χ1n) is 5.08. The summed E-state index contributed by atoms with van der Waals surface area (Å²) in [6.45, 7) is 6.74. The van der Waals surface area contributed by atoms with E-state index in [9.17, 15) is 0 Å². The Balaban J connectivity index is 1.95. The number of rotatable bonds is 6. The molecule has 1 saturated heterocycles. The second-order valence-electron chi connectivity index (χ2n) is 4.16. The Morgan fingerprint density at radius 1 is 1.54 bits per heavy atom. The molecular formula is C10H21NO2. The molecule has 1 aliphatic rings. The van der Waals surface area contributed by atoms with E-state index in [1.807, 2.05) is 0 Å². The van der Waals surface area contributed by atoms with Gasteiger partial charge < -0.3 is 14.7 Å². The van der Waals surface area contributed by atoms with E-state index >= 15 is 0 Å². The Bertz CT molecular complexity index is 135. The van der Waals surface area contributed by atoms with Gasteiger partial charge in [0, 0.05) is 39.3 Å². The Labute approximate surface area is 80.7 Å². The van der Waals surface area contributed by atoms with Crippen LogP contribution in [0.15, 0.2) is 0 Å². The topological polar surface area (TPSA) is 32.7 Å². The van der Waals surface area contributed by atoms with Crippen molar-refractivity contribution in [3.63, 3.8) is 0 Å². The molecule has 0 amide bonds. The lowest BCUT2D eigenvalue weighted by Crippen LogP contribution is -2.48. The molecule has 1 rings (SSSR count). The minimum atomic E-state index is 0.351. The number of likely N-dealkylation sites (tertiary alicyclic amines) is 1. The Hall–Kier alpha value is -0.120. The molecule has 3 nitrogen and oxygen atoms in total. The van der Waals surface area contributed by atoms with Crippen LogP contribution in [0.4, 0.5) is 0 Å². The summed E-state index contributed by atoms with van der Waals surface area (Å²) in [4.78, 5) is 2.40. The molecule has 78 valence electrons. The van der Waals surface area contributed by atoms with Crippen LogP contribution in [0.3, 0.4) is 0 Å². The standard InChI is InChI=1S/C10H21NO2/c1-9(8-13-2)3-4-11-5-10(6-11)7-12/h9-10,12H,3-8H2,1-2H3. The van der Waals surface area contributed by atoms with Gasteiger partial charge in [-0.05, 0) is 18.9 Å². The molecular weight excluding hydrogens is 166 g/mol. The average Bonchev–Trinajstić information content (AvgIpc) is 2.02. The fraction of sp³-hybridized carbons (Fsp3) is 1.00. The largest absolute Gasteiger partial charge is 0.396 e. The number of aliphatic hydroxyl groups is 1. The van der Waals surface area contributed by atoms with E-state index in [1.54, 1.807) is 7.11 Å². The van der Waals surface area contributed by atoms with Crippen molar-refractivity contribution in [2.75, 3.05) is 40.0 Å². The van der Waals surface area contributed by atoms with Gasteiger partial charge in [-0.1, -0.05) is 6.92 Å². The van der Waals surface area contributed by atoms with Crippen LogP contribution in [0.25, 0.3) is 0 Å². The monoisotopic (exact) mass is 187 g/mol. The summed E-state index contributed by atoms with van der Waals surface area (Å²) in [7, 11) is 1.75. The van der Waals surface area contributed by atoms with Gasteiger partial charge in [0.2, 0.25) is 0 Å². The van der Waals surface area contributed by atoms with Crippen LogP contribution >= 0.6 is 0 Å². The van der Waals surface area contributed by atoms with Crippen LogP contribution in [0.1, 0.15) is 13.3 Å². The second-order valence-corrected chi connectivity index (χ2v) is 4.16. The van der Waals surface area contributed by atoms with Gasteiger partial charge in [0.25, 0.3) is 0 Å². The van der Waals surface area contributed by atoms with E-state index in [4.69, 9.17) is 9.84 Å². The van der Waals surface area contributed by atoms with E-state index in [0.29, 0.717) is 18.4 Å². The summed E-state index contributed by atoms with van der Waals surface area (Å²) in [5.41, 5.74) is 0. The molecule has 1 N–H and O–H groups in total. The minimum absolute atomic E-state index is 0.351. The van der Waals surface area contributed by atoms with Gasteiger partial charge in [-0.15, -0.1) is 0 Å². The fourth-order valence-electron chi connectivity index (χ4n) is 1.75. The lowest BCUT2D eigenvalue weighted by atomic mass is 10.00. The molecule has 1 atom stereocenters. The van der Waals surface area contributed by atoms with Crippen molar-refractivity contribution in [3.8, 4) is 0 Å². The molecule has 0 bridgehead atoms. The lowest BCUT2D eigenvalue weighted by molar-refractivity contribution is 0.0459. The predicted octanol–water partition coefficient (Wildman–Crippen LogP) is 0.583. The maximum absolute atomic E-state index is 8.82. The quantitative estimate of drug-likeness (QED) is 0.660. The van der Waals surface area contributed by atoms with Gasteiger partial charge >= 0.3 is 0 Å². The van der Waals surface area contributed by atoms with Crippen LogP contribution in [0.5, 0.6) is 0 Å². The van der Waals surface area contributed by atoms with Crippen molar-refractivity contribution < 1.29 is 9.84 Å². The third-order valence-corrected chi connectivity index (χ3v) is 2.68. The van der Waals surface area contributed by atoms with Crippen molar-refractivity contribution in [3.05, 3.63) is 0 Å². The summed E-state index contributed by atoms with van der Waals surface area (Å²) in [6.07, 6.45) is 1.20. The average molecular weight is 187 g/mol. The molecule has 3 heteroatoms. The number of hydrogen-bond acceptors (Lipinski definition) is 3. The van der Waals surface area contributed by atoms with Crippen molar-refractivity contribution in [1.29, 1.82) is 0 Å². The zero-order valence-corrected chi connectivity index (χ0v) is 8.70. The summed E-state index contributed by atoms with van der Waals surface area (Å²) in [6, 6.07) is 0. The van der Waals surface area contributed by atoms with E-state index in [-0.39, 0.29) is 0 Å². The summed E-state index contributed by atoms with van der Waals surface area (Å²) in [5.74, 6) is 1.19. The highest BCUT2D eigenvalue weighted by molar-refractivity contribution is 4.78. The Kier molecular flexibility index (Phi) is 4.70. The third-order valence-electron chi connectivity index (χ3n) is 2.68. The SMILES string of the molecule is COCC(C)CCN1CC(CO)C1. The van der Waals surface area contributed by atoms with Crippen LogP contribution in [-0.4, -0.2) is 50.0 Å². The fourth-order valence-corrected chi connectivity index (χ4v) is 1.75. The van der Waals surface area contributed by atoms with Crippen molar-refractivity contribution in [2.45, 2.75) is 13.3 Å². The summed E-state index contributed by atoms with van der Waals surface area (Å²) >= 11 is 0. The minimum Gasteiger partial charge on any atom is -0.396 e. The van der Waals surface area contributed by atoms with Gasteiger partial charge in [0.15, 0.2) is 0 Å². The van der Waals surface area contributed by atoms with E-state index < -0.39 is 0 Å². The molecule has 0 aromatic carbocycles. The first-order chi connectivity index (χ1) is 6.26. The predicted molar refractivity (Wildman–Crippen MR) is 52.7 cm³/mol. The van der Waals surface area contributed by atoms with E-state index in [1.165, 1.54) is 6.42 Å². The normalized spacial score (nSPS) is 21.5. The number of ether oxygens (including phenoxy) is 1. The van der Waals surface area contributed by atoms with Gasteiger partial charge in [-0.25, -0.2) is 0 Å². The first-order valence-corrected chi connectivity index (χ1v) is 5.08. The molecule has 0 spiro atoms. The molecule has 1 aliphatic heterocycles. The molecule has 13 heavy (non-hydrogen) atoms. The van der Waals surface area contributed by atoms with Gasteiger partial charge in [-0.2, -0.15) is 0 Å². The number of hydrogen-bond donors (Lipinski definition) is 1. The third kappa shape index (κ3) is 3.63. The molecule has 1 unspecified atom stereocenters. The smallest absolute Gasteiger partial charge is 0.0488 e. The summed E-state index contributed by atoms with van der Waals surface area (Å²) in [5, 5.41) is 8.82. The molecule has 1 heterocycles. The molecule has 0 aliphatic carbocycles. The van der Waals surface area contributed by atoms with E-state index in [2.05, 4.69) is 11.8 Å². The number of nitrogens with zero attached hydrogens (tertiary/aromatic N) is 1. The van der Waals surface area contributed by atoms with Crippen LogP contribution in [-0.2, 0) is 4.74 Å². The number of methoxy groups -OCH3 is 1. The maximum Gasteiger partial charge on any atom is 0.0488 e. The number of aliphatic hydroxyl groups excluding tert-OH is 1. The highest BCUT2D eigenvalue weighted by Gasteiger charge is 2.25. The van der Waals surface area contributed by atoms with Crippen molar-refractivity contribution >= 4 is 0 Å². The van der Waals surface area contributed by atoms with Crippen LogP contribution in [0.2, 0.25) is 0 Å². The Morgan fingerprint density at radius 3 is 2.77 bits per heavy atom. The van der Waals surface area contributed by atoms with Crippen LogP contribution in [0, 0.1) is 11.8 Å². The molecule has 1 fully saturated rings. The summed E-state index contributed by atoms with van der Waals surface area (Å²) < 4.78 is 5.07. The lowest BCUT2D eigenvalue weighted by Gasteiger charge is -2.38. The molecule has 0 saturated carbocycles. The highest BCUT2D eigenvalue weighted by atomic mass is 16.5. The zero-order valence-electron chi connectivity index (χ0n) is 8.70. The van der Waals surface area contributed by atoms with Crippen LogP contribution < -0.4 is 0 Å². The molecule has 0 aromatic heterocycles. The zero-order chi connectivity index (χ0) is 9.68. The maximum atomic E-state index is 8.82. The highest BCUT2D eigenvalue weighted by Crippen LogP contribution is 2.16. The van der Waals surface area contributed by atoms with Gasteiger partial charge in [0.1, 0.15) is 0 Å². The first kappa shape index (κ1) is 11.0. The van der Waals surface area contributed by atoms with E-state index in [0.717, 1.165) is 26.2 Å². The van der Waals surface area contributed by atoms with Crippen molar-refractivity contribution in [2.24, 2.45) is 11.8 Å². The van der Waals surface area contributed by atoms with Crippen molar-refractivity contribution in [1.82, 2.24) is 4.90 Å². The van der Waals surface area contributed by atoms with Gasteiger partial charge in [-0.3, -0.25) is 0 Å². The molecule has 0 radical (unpaired) electrons. The molecule has 0 aromatic rings. The Morgan fingerprint density at radius 2 is 2.23 bits per heavy atom. The van der Waals surface area contributed by atoms with Gasteiger partial charge in [0.05, 0.1) is 0 Å². The second kappa shape index (κ2) is 5.58.